The summed E-state index contributed by atoms with van der Waals surface area (Å²) < 4.78 is 0. The van der Waals surface area contributed by atoms with Crippen LogP contribution in [0.4, 0.5) is 0 Å². The second-order valence-electron chi connectivity index (χ2n) is 6.79. The second-order valence-corrected chi connectivity index (χ2v) is 7.53. The number of hydrogen-bond acceptors (Lipinski definition) is 1. The van der Waals surface area contributed by atoms with Gasteiger partial charge in [-0.05, 0) is 40.1 Å². The Labute approximate surface area is 124 Å². The summed E-state index contributed by atoms with van der Waals surface area (Å²) >= 11 is 1.87. The van der Waals surface area contributed by atoms with Crippen LogP contribution in [-0.2, 0) is 11.8 Å². The fraction of sp³-hybridized carbons (Fsp3) is 0.778. The molecule has 0 N–H and O–H groups in total. The van der Waals surface area contributed by atoms with E-state index in [0.717, 1.165) is 0 Å². The molecule has 0 spiro atoms. The van der Waals surface area contributed by atoms with E-state index in [-0.39, 0.29) is 0 Å². The van der Waals surface area contributed by atoms with Gasteiger partial charge < -0.3 is 0 Å². The van der Waals surface area contributed by atoms with Crippen molar-refractivity contribution in [3.05, 3.63) is 21.9 Å². The Morgan fingerprint density at radius 1 is 0.842 bits per heavy atom. The van der Waals surface area contributed by atoms with Gasteiger partial charge in [-0.25, -0.2) is 0 Å². The van der Waals surface area contributed by atoms with E-state index in [1.54, 1.807) is 11.1 Å². The number of unbranched alkanes of at least 4 members (excludes halogenated alkanes) is 7. The lowest BCUT2D eigenvalue weighted by molar-refractivity contribution is 0.564. The van der Waals surface area contributed by atoms with Gasteiger partial charge in [-0.15, -0.1) is 0 Å². The van der Waals surface area contributed by atoms with E-state index in [1.807, 2.05) is 11.3 Å². The first-order valence-corrected chi connectivity index (χ1v) is 9.05. The SMILES string of the molecule is CCCCCCCCCCc1cscc1C(C)(C)C. The van der Waals surface area contributed by atoms with E-state index < -0.39 is 0 Å². The molecule has 0 aliphatic carbocycles. The molecular weight excluding hydrogens is 248 g/mol. The van der Waals surface area contributed by atoms with Crippen molar-refractivity contribution in [3.63, 3.8) is 0 Å². The van der Waals surface area contributed by atoms with Crippen molar-refractivity contribution in [1.29, 1.82) is 0 Å². The highest BCUT2D eigenvalue weighted by atomic mass is 32.1. The van der Waals surface area contributed by atoms with Gasteiger partial charge in [0.1, 0.15) is 0 Å². The second kappa shape index (κ2) is 8.79. The lowest BCUT2D eigenvalue weighted by atomic mass is 9.85. The molecule has 0 atom stereocenters. The molecule has 0 saturated heterocycles. The summed E-state index contributed by atoms with van der Waals surface area (Å²) in [5.74, 6) is 0. The zero-order valence-electron chi connectivity index (χ0n) is 13.4. The van der Waals surface area contributed by atoms with Crippen LogP contribution in [-0.4, -0.2) is 0 Å². The Kier molecular flexibility index (Phi) is 7.75. The predicted octanol–water partition coefficient (Wildman–Crippen LogP) is 6.73. The summed E-state index contributed by atoms with van der Waals surface area (Å²) in [5.41, 5.74) is 3.49. The summed E-state index contributed by atoms with van der Waals surface area (Å²) in [5, 5.41) is 4.71. The van der Waals surface area contributed by atoms with Gasteiger partial charge in [0, 0.05) is 0 Å². The number of aryl methyl sites for hydroxylation is 1. The monoisotopic (exact) mass is 280 g/mol. The van der Waals surface area contributed by atoms with Gasteiger partial charge in [0.25, 0.3) is 0 Å². The summed E-state index contributed by atoms with van der Waals surface area (Å²) in [7, 11) is 0. The van der Waals surface area contributed by atoms with Crippen molar-refractivity contribution in [3.8, 4) is 0 Å². The van der Waals surface area contributed by atoms with E-state index >= 15 is 0 Å². The van der Waals surface area contributed by atoms with E-state index in [4.69, 9.17) is 0 Å². The van der Waals surface area contributed by atoms with Crippen molar-refractivity contribution >= 4 is 11.3 Å². The van der Waals surface area contributed by atoms with Crippen LogP contribution < -0.4 is 0 Å². The zero-order valence-corrected chi connectivity index (χ0v) is 14.2. The van der Waals surface area contributed by atoms with Crippen molar-refractivity contribution in [2.75, 3.05) is 0 Å². The maximum absolute atomic E-state index is 2.36. The minimum atomic E-state index is 0.315. The number of thiophene rings is 1. The van der Waals surface area contributed by atoms with Crippen LogP contribution in [0.3, 0.4) is 0 Å². The fourth-order valence-corrected chi connectivity index (χ4v) is 3.74. The summed E-state index contributed by atoms with van der Waals surface area (Å²) in [6, 6.07) is 0. The van der Waals surface area contributed by atoms with E-state index in [1.165, 1.54) is 57.8 Å². The molecule has 1 rings (SSSR count). The highest BCUT2D eigenvalue weighted by molar-refractivity contribution is 7.08. The zero-order chi connectivity index (χ0) is 14.1. The Hall–Kier alpha value is -0.300. The molecule has 1 heterocycles. The molecule has 0 amide bonds. The standard InChI is InChI=1S/C18H32S/c1-5-6-7-8-9-10-11-12-13-16-14-19-15-17(16)18(2,3)4/h14-15H,5-13H2,1-4H3. The molecule has 0 bridgehead atoms. The van der Waals surface area contributed by atoms with Gasteiger partial charge >= 0.3 is 0 Å². The van der Waals surface area contributed by atoms with Gasteiger partial charge in [-0.1, -0.05) is 72.6 Å². The lowest BCUT2D eigenvalue weighted by Crippen LogP contribution is -2.12. The summed E-state index contributed by atoms with van der Waals surface area (Å²) in [6.45, 7) is 9.26. The highest BCUT2D eigenvalue weighted by Crippen LogP contribution is 2.30. The minimum absolute atomic E-state index is 0.315. The molecule has 110 valence electrons. The first kappa shape index (κ1) is 16.8. The molecule has 0 fully saturated rings. The largest absolute Gasteiger partial charge is 0.152 e. The molecule has 1 heteroatoms. The first-order valence-electron chi connectivity index (χ1n) is 8.11. The predicted molar refractivity (Wildman–Crippen MR) is 89.3 cm³/mol. The average Bonchev–Trinajstić information content (AvgIpc) is 2.81. The van der Waals surface area contributed by atoms with Crippen LogP contribution in [0.5, 0.6) is 0 Å². The van der Waals surface area contributed by atoms with Crippen molar-refractivity contribution in [2.45, 2.75) is 90.9 Å². The van der Waals surface area contributed by atoms with Crippen LogP contribution in [0.25, 0.3) is 0 Å². The molecule has 0 nitrogen and oxygen atoms in total. The third kappa shape index (κ3) is 6.61. The Bertz CT molecular complexity index is 330. The van der Waals surface area contributed by atoms with Crippen molar-refractivity contribution in [2.24, 2.45) is 0 Å². The van der Waals surface area contributed by atoms with Crippen molar-refractivity contribution < 1.29 is 0 Å². The van der Waals surface area contributed by atoms with E-state index in [2.05, 4.69) is 38.5 Å². The molecule has 0 aromatic carbocycles. The maximum atomic E-state index is 2.36. The minimum Gasteiger partial charge on any atom is -0.152 e. The molecule has 0 aliphatic heterocycles. The van der Waals surface area contributed by atoms with Crippen LogP contribution in [0.2, 0.25) is 0 Å². The van der Waals surface area contributed by atoms with E-state index in [9.17, 15) is 0 Å². The maximum Gasteiger partial charge on any atom is -0.00531 e. The summed E-state index contributed by atoms with van der Waals surface area (Å²) in [6.07, 6.45) is 12.6. The average molecular weight is 281 g/mol. The van der Waals surface area contributed by atoms with Crippen LogP contribution >= 0.6 is 11.3 Å². The topological polar surface area (TPSA) is 0 Å². The smallest absolute Gasteiger partial charge is 0.00531 e. The Morgan fingerprint density at radius 2 is 1.42 bits per heavy atom. The highest BCUT2D eigenvalue weighted by Gasteiger charge is 2.18. The van der Waals surface area contributed by atoms with Gasteiger partial charge in [0.05, 0.1) is 0 Å². The lowest BCUT2D eigenvalue weighted by Gasteiger charge is -2.19. The molecule has 19 heavy (non-hydrogen) atoms. The molecule has 0 unspecified atom stereocenters. The number of hydrogen-bond donors (Lipinski definition) is 0. The molecule has 0 radical (unpaired) electrons. The van der Waals surface area contributed by atoms with Crippen molar-refractivity contribution in [1.82, 2.24) is 0 Å². The molecule has 0 aliphatic rings. The van der Waals surface area contributed by atoms with Crippen LogP contribution in [0.15, 0.2) is 10.8 Å². The van der Waals surface area contributed by atoms with Gasteiger partial charge in [-0.2, -0.15) is 11.3 Å². The number of rotatable bonds is 9. The third-order valence-electron chi connectivity index (χ3n) is 3.85. The van der Waals surface area contributed by atoms with E-state index in [0.29, 0.717) is 5.41 Å². The van der Waals surface area contributed by atoms with Gasteiger partial charge in [-0.3, -0.25) is 0 Å². The quantitative estimate of drug-likeness (QED) is 0.440. The first-order chi connectivity index (χ1) is 9.05. The van der Waals surface area contributed by atoms with Gasteiger partial charge in [0.15, 0.2) is 0 Å². The molecule has 1 aromatic heterocycles. The third-order valence-corrected chi connectivity index (χ3v) is 4.64. The van der Waals surface area contributed by atoms with Gasteiger partial charge in [0.2, 0.25) is 0 Å². The van der Waals surface area contributed by atoms with Crippen LogP contribution in [0, 0.1) is 0 Å². The van der Waals surface area contributed by atoms with Crippen LogP contribution in [0.1, 0.15) is 90.2 Å². The molecular formula is C18H32S. The fourth-order valence-electron chi connectivity index (χ4n) is 2.62. The summed E-state index contributed by atoms with van der Waals surface area (Å²) in [4.78, 5) is 0. The normalized spacial score (nSPS) is 12.0. The Morgan fingerprint density at radius 3 is 2.00 bits per heavy atom. The molecule has 0 saturated carbocycles. The Balaban J connectivity index is 2.15. The molecule has 1 aromatic rings.